The van der Waals surface area contributed by atoms with E-state index < -0.39 is 0 Å². The number of benzene rings is 2. The lowest BCUT2D eigenvalue weighted by molar-refractivity contribution is -0.137. The SMILES string of the molecule is O=C1NC2CC(C(=O)N3CCN(c4cccc(Cl)c4)CC3)CCC2S/C1=C/c1ccccc1F. The Balaban J connectivity index is 1.18. The smallest absolute Gasteiger partial charge is 0.257 e. The van der Waals surface area contributed by atoms with Crippen molar-refractivity contribution in [2.24, 2.45) is 5.92 Å². The number of carbonyl (C=O) groups excluding carboxylic acids is 2. The zero-order valence-electron chi connectivity index (χ0n) is 18.8. The van der Waals surface area contributed by atoms with E-state index in [2.05, 4.69) is 10.2 Å². The highest BCUT2D eigenvalue weighted by atomic mass is 35.5. The summed E-state index contributed by atoms with van der Waals surface area (Å²) < 4.78 is 14.0. The molecule has 0 radical (unpaired) electrons. The average molecular weight is 500 g/mol. The van der Waals surface area contributed by atoms with Crippen LogP contribution in [0.4, 0.5) is 10.1 Å². The minimum atomic E-state index is -0.338. The van der Waals surface area contributed by atoms with Crippen LogP contribution in [0.5, 0.6) is 0 Å². The monoisotopic (exact) mass is 499 g/mol. The van der Waals surface area contributed by atoms with Crippen LogP contribution < -0.4 is 10.2 Å². The Morgan fingerprint density at radius 2 is 1.88 bits per heavy atom. The topological polar surface area (TPSA) is 52.7 Å². The molecule has 2 aliphatic heterocycles. The molecule has 5 nitrogen and oxygen atoms in total. The van der Waals surface area contributed by atoms with Crippen LogP contribution in [0.25, 0.3) is 6.08 Å². The first-order valence-electron chi connectivity index (χ1n) is 11.7. The van der Waals surface area contributed by atoms with Gasteiger partial charge < -0.3 is 15.1 Å². The minimum Gasteiger partial charge on any atom is -0.368 e. The fourth-order valence-electron chi connectivity index (χ4n) is 5.07. The zero-order valence-corrected chi connectivity index (χ0v) is 20.3. The maximum Gasteiger partial charge on any atom is 0.257 e. The molecule has 3 unspecified atom stereocenters. The quantitative estimate of drug-likeness (QED) is 0.629. The third-order valence-corrected chi connectivity index (χ3v) is 8.57. The van der Waals surface area contributed by atoms with Gasteiger partial charge >= 0.3 is 0 Å². The van der Waals surface area contributed by atoms with Gasteiger partial charge in [-0.2, -0.15) is 0 Å². The van der Waals surface area contributed by atoms with Crippen LogP contribution in [0.15, 0.2) is 53.4 Å². The Morgan fingerprint density at radius 1 is 1.09 bits per heavy atom. The molecule has 0 aromatic heterocycles. The summed E-state index contributed by atoms with van der Waals surface area (Å²) in [6, 6.07) is 14.2. The van der Waals surface area contributed by atoms with Gasteiger partial charge in [-0.05, 0) is 49.6 Å². The number of carbonyl (C=O) groups is 2. The second kappa shape index (κ2) is 10.0. The second-order valence-corrected chi connectivity index (χ2v) is 10.8. The van der Waals surface area contributed by atoms with Crippen LogP contribution in [0.1, 0.15) is 24.8 Å². The predicted octanol–water partition coefficient (Wildman–Crippen LogP) is 4.57. The van der Waals surface area contributed by atoms with Crippen LogP contribution in [0.3, 0.4) is 0 Å². The van der Waals surface area contributed by atoms with Crippen molar-refractivity contribution >= 4 is 46.9 Å². The lowest BCUT2D eigenvalue weighted by Crippen LogP contribution is -2.54. The highest BCUT2D eigenvalue weighted by molar-refractivity contribution is 8.04. The number of anilines is 1. The van der Waals surface area contributed by atoms with E-state index in [1.54, 1.807) is 24.3 Å². The Labute approximate surface area is 208 Å². The summed E-state index contributed by atoms with van der Waals surface area (Å²) >= 11 is 7.64. The van der Waals surface area contributed by atoms with E-state index in [4.69, 9.17) is 11.6 Å². The number of amides is 2. The fourth-order valence-corrected chi connectivity index (χ4v) is 6.53. The van der Waals surface area contributed by atoms with E-state index in [0.29, 0.717) is 35.0 Å². The first kappa shape index (κ1) is 23.2. The Bertz CT molecular complexity index is 1120. The van der Waals surface area contributed by atoms with E-state index in [-0.39, 0.29) is 34.8 Å². The number of fused-ring (bicyclic) bond motifs is 1. The molecule has 8 heteroatoms. The largest absolute Gasteiger partial charge is 0.368 e. The molecule has 0 bridgehead atoms. The summed E-state index contributed by atoms with van der Waals surface area (Å²) in [5, 5.41) is 4.01. The third kappa shape index (κ3) is 4.96. The Kier molecular flexibility index (Phi) is 6.84. The number of halogens is 2. The summed E-state index contributed by atoms with van der Waals surface area (Å²) in [5.41, 5.74) is 1.50. The predicted molar refractivity (Wildman–Crippen MR) is 135 cm³/mol. The normalized spacial score (nSPS) is 26.2. The summed E-state index contributed by atoms with van der Waals surface area (Å²) in [6.07, 6.45) is 3.94. The summed E-state index contributed by atoms with van der Waals surface area (Å²) in [5.74, 6) is -0.402. The lowest BCUT2D eigenvalue weighted by atomic mass is 9.84. The van der Waals surface area contributed by atoms with Crippen molar-refractivity contribution < 1.29 is 14.0 Å². The van der Waals surface area contributed by atoms with Crippen molar-refractivity contribution in [3.05, 3.63) is 69.8 Å². The average Bonchev–Trinajstić information content (AvgIpc) is 2.85. The number of nitrogens with zero attached hydrogens (tertiary/aromatic N) is 2. The first-order chi connectivity index (χ1) is 16.5. The van der Waals surface area contributed by atoms with Gasteiger partial charge in [0.2, 0.25) is 5.91 Å². The van der Waals surface area contributed by atoms with Gasteiger partial charge in [-0.15, -0.1) is 11.8 Å². The number of hydrogen-bond donors (Lipinski definition) is 1. The molecule has 178 valence electrons. The van der Waals surface area contributed by atoms with Crippen LogP contribution in [-0.2, 0) is 9.59 Å². The Morgan fingerprint density at radius 3 is 2.65 bits per heavy atom. The van der Waals surface area contributed by atoms with E-state index in [9.17, 15) is 14.0 Å². The zero-order chi connectivity index (χ0) is 23.7. The van der Waals surface area contributed by atoms with Gasteiger partial charge in [-0.3, -0.25) is 9.59 Å². The molecule has 1 aliphatic carbocycles. The van der Waals surface area contributed by atoms with Gasteiger partial charge in [0.25, 0.3) is 5.91 Å². The number of thioether (sulfide) groups is 1. The van der Waals surface area contributed by atoms with Crippen molar-refractivity contribution in [1.82, 2.24) is 10.2 Å². The standard InChI is InChI=1S/C26H27ClFN3O2S/c27-19-5-3-6-20(16-19)30-10-12-31(13-11-30)26(33)18-8-9-23-22(14-18)29-25(32)24(34-23)15-17-4-1-2-7-21(17)28/h1-7,15-16,18,22-23H,8-14H2,(H,29,32)/b24-15+. The minimum absolute atomic E-state index is 0.0364. The highest BCUT2D eigenvalue weighted by Crippen LogP contribution is 2.40. The number of nitrogens with one attached hydrogen (secondary N) is 1. The molecule has 0 spiro atoms. The van der Waals surface area contributed by atoms with Gasteiger partial charge in [0.15, 0.2) is 0 Å². The Hall–Kier alpha value is -2.51. The maximum absolute atomic E-state index is 14.0. The van der Waals surface area contributed by atoms with Crippen molar-refractivity contribution in [2.75, 3.05) is 31.1 Å². The molecule has 2 saturated heterocycles. The molecule has 1 N–H and O–H groups in total. The van der Waals surface area contributed by atoms with E-state index >= 15 is 0 Å². The van der Waals surface area contributed by atoms with Gasteiger partial charge in [0.1, 0.15) is 5.82 Å². The first-order valence-corrected chi connectivity index (χ1v) is 13.0. The van der Waals surface area contributed by atoms with Gasteiger partial charge in [0.05, 0.1) is 4.91 Å². The molecule has 5 rings (SSSR count). The third-order valence-electron chi connectivity index (χ3n) is 6.91. The maximum atomic E-state index is 14.0. The molecule has 1 saturated carbocycles. The van der Waals surface area contributed by atoms with Gasteiger partial charge in [-0.25, -0.2) is 4.39 Å². The molecule has 3 atom stereocenters. The summed E-state index contributed by atoms with van der Waals surface area (Å²) in [7, 11) is 0. The van der Waals surface area contributed by atoms with Crippen molar-refractivity contribution in [1.29, 1.82) is 0 Å². The molecule has 3 aliphatic rings. The van der Waals surface area contributed by atoms with Crippen LogP contribution >= 0.6 is 23.4 Å². The molecular formula is C26H27ClFN3O2S. The van der Waals surface area contributed by atoms with Crippen LogP contribution in [0.2, 0.25) is 5.02 Å². The van der Waals surface area contributed by atoms with Crippen molar-refractivity contribution in [3.8, 4) is 0 Å². The fraction of sp³-hybridized carbons (Fsp3) is 0.385. The van der Waals surface area contributed by atoms with E-state index in [0.717, 1.165) is 31.6 Å². The number of piperazine rings is 1. The molecular weight excluding hydrogens is 473 g/mol. The number of rotatable bonds is 3. The molecule has 3 fully saturated rings. The molecule has 34 heavy (non-hydrogen) atoms. The van der Waals surface area contributed by atoms with Crippen LogP contribution in [0, 0.1) is 11.7 Å². The van der Waals surface area contributed by atoms with E-state index in [1.807, 2.05) is 29.2 Å². The second-order valence-electron chi connectivity index (χ2n) is 9.07. The molecule has 2 heterocycles. The van der Waals surface area contributed by atoms with Crippen LogP contribution in [-0.4, -0.2) is 54.2 Å². The van der Waals surface area contributed by atoms with Crippen molar-refractivity contribution in [3.63, 3.8) is 0 Å². The van der Waals surface area contributed by atoms with Crippen molar-refractivity contribution in [2.45, 2.75) is 30.6 Å². The van der Waals surface area contributed by atoms with Gasteiger partial charge in [-0.1, -0.05) is 35.9 Å². The summed E-state index contributed by atoms with van der Waals surface area (Å²) in [6.45, 7) is 2.93. The van der Waals surface area contributed by atoms with E-state index in [1.165, 1.54) is 17.8 Å². The number of hydrogen-bond acceptors (Lipinski definition) is 4. The lowest BCUT2D eigenvalue weighted by Gasteiger charge is -2.42. The molecule has 2 aromatic rings. The van der Waals surface area contributed by atoms with Gasteiger partial charge in [0, 0.05) is 59.7 Å². The summed E-state index contributed by atoms with van der Waals surface area (Å²) in [4.78, 5) is 30.7. The highest BCUT2D eigenvalue weighted by Gasteiger charge is 2.41. The molecule has 2 amide bonds. The molecule has 2 aromatic carbocycles.